The number of carbonyl (C=O) groups is 1. The highest BCUT2D eigenvalue weighted by molar-refractivity contribution is 5.90. The third kappa shape index (κ3) is 5.50. The molecule has 0 fully saturated rings. The van der Waals surface area contributed by atoms with Crippen LogP contribution in [0.1, 0.15) is 22.3 Å². The van der Waals surface area contributed by atoms with Gasteiger partial charge < -0.3 is 4.74 Å². The fourth-order valence-corrected chi connectivity index (χ4v) is 6.70. The zero-order chi connectivity index (χ0) is 34.0. The maximum absolute atomic E-state index is 13.8. The molecule has 0 bridgehead atoms. The maximum atomic E-state index is 13.8. The number of carbonyl (C=O) groups excluding carboxylic acids is 1. The lowest BCUT2D eigenvalue weighted by Gasteiger charge is -2.39. The monoisotopic (exact) mass is 647 g/mol. The van der Waals surface area contributed by atoms with Crippen LogP contribution in [0.2, 0.25) is 0 Å². The van der Waals surface area contributed by atoms with E-state index in [-0.39, 0.29) is 11.9 Å². The van der Waals surface area contributed by atoms with Crippen molar-refractivity contribution in [1.29, 1.82) is 0 Å². The summed E-state index contributed by atoms with van der Waals surface area (Å²) in [7, 11) is 2.99. The van der Waals surface area contributed by atoms with Gasteiger partial charge in [-0.25, -0.2) is 14.3 Å². The average Bonchev–Trinajstić information content (AvgIpc) is 3.17. The van der Waals surface area contributed by atoms with Gasteiger partial charge in [0, 0.05) is 24.8 Å². The molecule has 0 saturated carbocycles. The van der Waals surface area contributed by atoms with Gasteiger partial charge in [-0.2, -0.15) is 0 Å². The summed E-state index contributed by atoms with van der Waals surface area (Å²) in [5.41, 5.74) is 3.01. The van der Waals surface area contributed by atoms with Crippen LogP contribution in [-0.4, -0.2) is 38.2 Å². The van der Waals surface area contributed by atoms with Crippen LogP contribution in [0.25, 0.3) is 27.6 Å². The molecule has 0 amide bonds. The van der Waals surface area contributed by atoms with Crippen molar-refractivity contribution >= 4 is 27.9 Å². The fraction of sp³-hybridized carbons (Fsp3) is 0.125. The third-order valence-corrected chi connectivity index (χ3v) is 9.03. The zero-order valence-electron chi connectivity index (χ0n) is 27.0. The quantitative estimate of drug-likeness (QED) is 0.167. The molecule has 242 valence electrons. The van der Waals surface area contributed by atoms with Gasteiger partial charge in [-0.3, -0.25) is 24.5 Å². The van der Waals surface area contributed by atoms with Gasteiger partial charge in [0.25, 0.3) is 5.56 Å². The molecular weight excluding hydrogens is 614 g/mol. The fourth-order valence-electron chi connectivity index (χ4n) is 6.70. The Morgan fingerprint density at radius 2 is 1.29 bits per heavy atom. The minimum Gasteiger partial charge on any atom is -0.468 e. The van der Waals surface area contributed by atoms with Crippen LogP contribution in [0.15, 0.2) is 149 Å². The predicted octanol–water partition coefficient (Wildman–Crippen LogP) is 5.30. The lowest BCUT2D eigenvalue weighted by molar-refractivity contribution is -0.143. The topological polar surface area (TPSA) is 108 Å². The second kappa shape index (κ2) is 13.1. The molecule has 0 aliphatic rings. The van der Waals surface area contributed by atoms with Gasteiger partial charge in [0.2, 0.25) is 0 Å². The molecule has 1 N–H and O–H groups in total. The molecule has 7 rings (SSSR count). The van der Waals surface area contributed by atoms with E-state index in [4.69, 9.17) is 4.74 Å². The standard InChI is InChI=1S/C40H33N5O4/c1-44-33-21-13-25-42-36(33)37(46)45(39(44)48)34-23-22-27(31-20-12-24-41-35(31)34)26-32(38(47)49-2)43-40(28-14-6-3-7-15-28,29-16-8-4-9-17-29)30-18-10-5-11-19-30/h3-25,32,43H,26H2,1-2H3/t32-/m0/s1. The summed E-state index contributed by atoms with van der Waals surface area (Å²) >= 11 is 0. The number of aryl methyl sites for hydroxylation is 1. The van der Waals surface area contributed by atoms with Crippen molar-refractivity contribution in [2.24, 2.45) is 7.05 Å². The molecule has 0 saturated heterocycles. The highest BCUT2D eigenvalue weighted by Gasteiger charge is 2.40. The maximum Gasteiger partial charge on any atom is 0.336 e. The number of nitrogens with one attached hydrogen (secondary N) is 1. The Morgan fingerprint density at radius 3 is 1.86 bits per heavy atom. The summed E-state index contributed by atoms with van der Waals surface area (Å²) in [6.45, 7) is 0. The van der Waals surface area contributed by atoms with Gasteiger partial charge >= 0.3 is 11.7 Å². The van der Waals surface area contributed by atoms with Gasteiger partial charge in [0.15, 0.2) is 5.52 Å². The second-order valence-electron chi connectivity index (χ2n) is 11.8. The zero-order valence-corrected chi connectivity index (χ0v) is 27.0. The van der Waals surface area contributed by atoms with E-state index in [1.165, 1.54) is 17.9 Å². The molecule has 3 aromatic heterocycles. The van der Waals surface area contributed by atoms with Gasteiger partial charge in [-0.05, 0) is 52.9 Å². The van der Waals surface area contributed by atoms with E-state index in [1.54, 1.807) is 37.5 Å². The van der Waals surface area contributed by atoms with E-state index in [9.17, 15) is 14.4 Å². The van der Waals surface area contributed by atoms with E-state index in [2.05, 4.69) is 15.3 Å². The Hall–Kier alpha value is -6.19. The average molecular weight is 648 g/mol. The second-order valence-corrected chi connectivity index (χ2v) is 11.8. The number of nitrogens with zero attached hydrogens (tertiary/aromatic N) is 4. The normalized spacial score (nSPS) is 12.2. The Bertz CT molecular complexity index is 2310. The highest BCUT2D eigenvalue weighted by atomic mass is 16.5. The SMILES string of the molecule is COC(=O)[C@H](Cc1ccc(-n2c(=O)c3ncccc3n(C)c2=O)c2ncccc12)NC(c1ccccc1)(c1ccccc1)c1ccccc1. The molecule has 0 unspecified atom stereocenters. The number of pyridine rings is 2. The molecule has 0 aliphatic carbocycles. The van der Waals surface area contributed by atoms with Crippen molar-refractivity contribution in [1.82, 2.24) is 24.4 Å². The van der Waals surface area contributed by atoms with Gasteiger partial charge in [-0.1, -0.05) is 103 Å². The van der Waals surface area contributed by atoms with Crippen LogP contribution in [-0.2, 0) is 28.5 Å². The largest absolute Gasteiger partial charge is 0.468 e. The van der Waals surface area contributed by atoms with Crippen LogP contribution >= 0.6 is 0 Å². The first-order valence-electron chi connectivity index (χ1n) is 15.9. The number of hydrogen-bond acceptors (Lipinski definition) is 7. The van der Waals surface area contributed by atoms with Gasteiger partial charge in [0.1, 0.15) is 6.04 Å². The number of ether oxygens (including phenoxy) is 1. The minimum absolute atomic E-state index is 0.173. The Balaban J connectivity index is 1.40. The Kier molecular flexibility index (Phi) is 8.42. The van der Waals surface area contributed by atoms with E-state index < -0.39 is 28.8 Å². The highest BCUT2D eigenvalue weighted by Crippen LogP contribution is 2.38. The van der Waals surface area contributed by atoms with Crippen molar-refractivity contribution in [2.75, 3.05) is 7.11 Å². The molecule has 0 radical (unpaired) electrons. The number of methoxy groups -OCH3 is 1. The van der Waals surface area contributed by atoms with Crippen LogP contribution < -0.4 is 16.6 Å². The summed E-state index contributed by atoms with van der Waals surface area (Å²) < 4.78 is 7.92. The summed E-state index contributed by atoms with van der Waals surface area (Å²) in [5, 5.41) is 4.45. The summed E-state index contributed by atoms with van der Waals surface area (Å²) in [4.78, 5) is 50.0. The van der Waals surface area contributed by atoms with Gasteiger partial charge in [-0.15, -0.1) is 0 Å². The molecular formula is C40H33N5O4. The molecule has 0 aliphatic heterocycles. The molecule has 49 heavy (non-hydrogen) atoms. The summed E-state index contributed by atoms with van der Waals surface area (Å²) in [6, 6.07) is 39.8. The first-order valence-corrected chi connectivity index (χ1v) is 15.9. The molecule has 7 aromatic rings. The van der Waals surface area contributed by atoms with E-state index in [1.807, 2.05) is 103 Å². The van der Waals surface area contributed by atoms with E-state index in [0.29, 0.717) is 22.1 Å². The lowest BCUT2D eigenvalue weighted by Crippen LogP contribution is -2.53. The number of esters is 1. The van der Waals surface area contributed by atoms with Crippen molar-refractivity contribution in [3.05, 3.63) is 183 Å². The molecule has 0 spiro atoms. The predicted molar refractivity (Wildman–Crippen MR) is 190 cm³/mol. The summed E-state index contributed by atoms with van der Waals surface area (Å²) in [6.07, 6.45) is 3.36. The number of benzene rings is 4. The van der Waals surface area contributed by atoms with E-state index >= 15 is 0 Å². The Morgan fingerprint density at radius 1 is 0.735 bits per heavy atom. The number of aromatic nitrogens is 4. The van der Waals surface area contributed by atoms with Gasteiger partial charge in [0.05, 0.1) is 29.4 Å². The first-order chi connectivity index (χ1) is 23.9. The molecule has 9 nitrogen and oxygen atoms in total. The molecule has 9 heteroatoms. The smallest absolute Gasteiger partial charge is 0.336 e. The third-order valence-electron chi connectivity index (χ3n) is 9.03. The molecule has 3 heterocycles. The van der Waals surface area contributed by atoms with Crippen LogP contribution in [0.5, 0.6) is 0 Å². The minimum atomic E-state index is -0.936. The van der Waals surface area contributed by atoms with Crippen LogP contribution in [0.4, 0.5) is 0 Å². The Labute approximate surface area is 282 Å². The number of fused-ring (bicyclic) bond motifs is 2. The number of rotatable bonds is 9. The molecule has 4 aromatic carbocycles. The number of hydrogen-bond donors (Lipinski definition) is 1. The van der Waals surface area contributed by atoms with Crippen molar-refractivity contribution in [2.45, 2.75) is 18.0 Å². The van der Waals surface area contributed by atoms with Crippen molar-refractivity contribution in [3.63, 3.8) is 0 Å². The van der Waals surface area contributed by atoms with Crippen LogP contribution in [0.3, 0.4) is 0 Å². The first kappa shape index (κ1) is 31.4. The van der Waals surface area contributed by atoms with Crippen molar-refractivity contribution < 1.29 is 9.53 Å². The molecule has 1 atom stereocenters. The summed E-state index contributed by atoms with van der Waals surface area (Å²) in [5.74, 6) is -0.445. The van der Waals surface area contributed by atoms with Crippen molar-refractivity contribution in [3.8, 4) is 5.69 Å². The lowest BCUT2D eigenvalue weighted by atomic mass is 9.76. The van der Waals surface area contributed by atoms with E-state index in [0.717, 1.165) is 26.8 Å². The van der Waals surface area contributed by atoms with Crippen LogP contribution in [0, 0.1) is 0 Å².